The van der Waals surface area contributed by atoms with Gasteiger partial charge in [0.2, 0.25) is 0 Å². The van der Waals surface area contributed by atoms with Gasteiger partial charge in [0.05, 0.1) is 12.0 Å². The Bertz CT molecular complexity index is 485. The monoisotopic (exact) mass is 291 g/mol. The van der Waals surface area contributed by atoms with Gasteiger partial charge in [-0.05, 0) is 50.9 Å². The Balaban J connectivity index is 2.07. The first-order chi connectivity index (χ1) is 10.0. The smallest absolute Gasteiger partial charge is 0.310 e. The molecule has 1 fully saturated rings. The van der Waals surface area contributed by atoms with Gasteiger partial charge in [0.15, 0.2) is 0 Å². The van der Waals surface area contributed by atoms with Crippen LogP contribution in [0.25, 0.3) is 0 Å². The molecule has 1 aromatic rings. The maximum atomic E-state index is 11.5. The number of aliphatic carboxylic acids is 1. The van der Waals surface area contributed by atoms with Gasteiger partial charge in [-0.15, -0.1) is 0 Å². The third-order valence-corrected chi connectivity index (χ3v) is 4.74. The molecule has 1 heterocycles. The molecule has 2 rings (SSSR count). The lowest BCUT2D eigenvalue weighted by atomic mass is 9.84. The van der Waals surface area contributed by atoms with Gasteiger partial charge in [-0.3, -0.25) is 9.69 Å². The summed E-state index contributed by atoms with van der Waals surface area (Å²) in [6.45, 7) is 8.22. The molecular weight excluding hydrogens is 266 g/mol. The van der Waals surface area contributed by atoms with Gasteiger partial charge >= 0.3 is 5.97 Å². The predicted octanol–water partition coefficient (Wildman–Crippen LogP) is 3.33. The fourth-order valence-electron chi connectivity index (χ4n) is 3.07. The zero-order valence-electron chi connectivity index (χ0n) is 13.1. The molecule has 0 bridgehead atoms. The number of carbonyl (C=O) groups is 1. The Morgan fingerprint density at radius 1 is 1.38 bits per heavy atom. The minimum absolute atomic E-state index is 0.230. The molecule has 116 valence electrons. The molecule has 1 aromatic carbocycles. The van der Waals surface area contributed by atoms with E-state index in [1.165, 1.54) is 5.56 Å². The second kappa shape index (κ2) is 6.48. The lowest BCUT2D eigenvalue weighted by molar-refractivity contribution is -0.148. The third-order valence-electron chi connectivity index (χ3n) is 4.74. The van der Waals surface area contributed by atoms with E-state index < -0.39 is 11.4 Å². The van der Waals surface area contributed by atoms with Crippen molar-refractivity contribution in [2.45, 2.75) is 39.7 Å². The summed E-state index contributed by atoms with van der Waals surface area (Å²) in [6.07, 6.45) is 1.43. The van der Waals surface area contributed by atoms with Crippen LogP contribution in [0.3, 0.4) is 0 Å². The molecular formula is C17H25NO3. The maximum absolute atomic E-state index is 11.5. The Labute approximate surface area is 126 Å². The average molecular weight is 291 g/mol. The van der Waals surface area contributed by atoms with E-state index in [0.29, 0.717) is 19.6 Å². The van der Waals surface area contributed by atoms with Gasteiger partial charge in [0, 0.05) is 12.6 Å². The molecule has 0 spiro atoms. The molecule has 4 heteroatoms. The number of ether oxygens (including phenoxy) is 1. The van der Waals surface area contributed by atoms with Crippen LogP contribution in [0.5, 0.6) is 5.75 Å². The summed E-state index contributed by atoms with van der Waals surface area (Å²) < 4.78 is 5.46. The van der Waals surface area contributed by atoms with Crippen molar-refractivity contribution in [1.82, 2.24) is 4.90 Å². The highest BCUT2D eigenvalue weighted by Gasteiger charge is 2.44. The van der Waals surface area contributed by atoms with Crippen LogP contribution < -0.4 is 4.74 Å². The molecule has 0 aliphatic carbocycles. The van der Waals surface area contributed by atoms with Crippen molar-refractivity contribution < 1.29 is 14.6 Å². The van der Waals surface area contributed by atoms with E-state index in [0.717, 1.165) is 18.7 Å². The highest BCUT2D eigenvalue weighted by Crippen LogP contribution is 2.38. The summed E-state index contributed by atoms with van der Waals surface area (Å²) in [5.41, 5.74) is 0.634. The fraction of sp³-hybridized carbons (Fsp3) is 0.588. The van der Waals surface area contributed by atoms with Gasteiger partial charge < -0.3 is 9.84 Å². The van der Waals surface area contributed by atoms with Crippen LogP contribution in [-0.2, 0) is 4.79 Å². The number of carboxylic acids is 1. The molecule has 1 N–H and O–H groups in total. The number of rotatable bonds is 6. The van der Waals surface area contributed by atoms with Crippen molar-refractivity contribution in [3.8, 4) is 5.75 Å². The van der Waals surface area contributed by atoms with E-state index in [1.54, 1.807) is 0 Å². The number of hydrogen-bond donors (Lipinski definition) is 1. The second-order valence-electron chi connectivity index (χ2n) is 5.84. The predicted molar refractivity (Wildman–Crippen MR) is 82.6 cm³/mol. The molecule has 0 saturated carbocycles. The van der Waals surface area contributed by atoms with Gasteiger partial charge in [-0.25, -0.2) is 0 Å². The van der Waals surface area contributed by atoms with E-state index in [1.807, 2.05) is 26.0 Å². The average Bonchev–Trinajstić information content (AvgIpc) is 2.93. The molecule has 1 saturated heterocycles. The molecule has 21 heavy (non-hydrogen) atoms. The van der Waals surface area contributed by atoms with E-state index in [9.17, 15) is 9.90 Å². The summed E-state index contributed by atoms with van der Waals surface area (Å²) >= 11 is 0. The highest BCUT2D eigenvalue weighted by atomic mass is 16.5. The lowest BCUT2D eigenvalue weighted by Crippen LogP contribution is -2.34. The van der Waals surface area contributed by atoms with Crippen molar-refractivity contribution in [2.24, 2.45) is 5.41 Å². The van der Waals surface area contributed by atoms with Crippen molar-refractivity contribution in [1.29, 1.82) is 0 Å². The first-order valence-electron chi connectivity index (χ1n) is 7.72. The number of carboxylic acid groups (broad SMARTS) is 1. The van der Waals surface area contributed by atoms with E-state index in [2.05, 4.69) is 24.0 Å². The van der Waals surface area contributed by atoms with Crippen LogP contribution in [0.1, 0.15) is 45.2 Å². The number of hydrogen-bond acceptors (Lipinski definition) is 3. The summed E-state index contributed by atoms with van der Waals surface area (Å²) in [4.78, 5) is 13.8. The van der Waals surface area contributed by atoms with Crippen molar-refractivity contribution in [2.75, 3.05) is 19.7 Å². The van der Waals surface area contributed by atoms with Crippen molar-refractivity contribution in [3.63, 3.8) is 0 Å². The number of benzene rings is 1. The van der Waals surface area contributed by atoms with Gasteiger partial charge in [0.1, 0.15) is 5.75 Å². The zero-order valence-corrected chi connectivity index (χ0v) is 13.1. The number of nitrogens with zero attached hydrogens (tertiary/aromatic N) is 1. The Morgan fingerprint density at radius 3 is 2.52 bits per heavy atom. The molecule has 4 nitrogen and oxygen atoms in total. The molecule has 1 aliphatic heterocycles. The van der Waals surface area contributed by atoms with Crippen LogP contribution in [-0.4, -0.2) is 35.7 Å². The first-order valence-corrected chi connectivity index (χ1v) is 7.72. The van der Waals surface area contributed by atoms with Crippen molar-refractivity contribution >= 4 is 5.97 Å². The Kier molecular flexibility index (Phi) is 4.88. The normalized spacial score (nSPS) is 24.0. The van der Waals surface area contributed by atoms with Gasteiger partial charge in [-0.2, -0.15) is 0 Å². The molecule has 0 aromatic heterocycles. The van der Waals surface area contributed by atoms with Gasteiger partial charge in [-0.1, -0.05) is 19.1 Å². The largest absolute Gasteiger partial charge is 0.494 e. The minimum atomic E-state index is -0.661. The SMILES string of the molecule is CCOc1ccc(C(C)N2CCC(CC)(C(=O)O)C2)cc1. The topological polar surface area (TPSA) is 49.8 Å². The van der Waals surface area contributed by atoms with Crippen LogP contribution in [0.4, 0.5) is 0 Å². The van der Waals surface area contributed by atoms with E-state index in [4.69, 9.17) is 4.74 Å². The van der Waals surface area contributed by atoms with E-state index in [-0.39, 0.29) is 6.04 Å². The molecule has 0 radical (unpaired) electrons. The van der Waals surface area contributed by atoms with Crippen LogP contribution in [0, 0.1) is 5.41 Å². The lowest BCUT2D eigenvalue weighted by Gasteiger charge is -2.27. The maximum Gasteiger partial charge on any atom is 0.310 e. The fourth-order valence-corrected chi connectivity index (χ4v) is 3.07. The first kappa shape index (κ1) is 15.8. The quantitative estimate of drug-likeness (QED) is 0.873. The Morgan fingerprint density at radius 2 is 2.05 bits per heavy atom. The zero-order chi connectivity index (χ0) is 15.5. The Hall–Kier alpha value is -1.55. The van der Waals surface area contributed by atoms with Crippen LogP contribution >= 0.6 is 0 Å². The molecule has 2 unspecified atom stereocenters. The molecule has 2 atom stereocenters. The standard InChI is InChI=1S/C17H25NO3/c1-4-17(16(19)20)10-11-18(12-17)13(3)14-6-8-15(9-7-14)21-5-2/h6-9,13H,4-5,10-12H2,1-3H3,(H,19,20). The third kappa shape index (κ3) is 3.21. The number of likely N-dealkylation sites (tertiary alicyclic amines) is 1. The minimum Gasteiger partial charge on any atom is -0.494 e. The van der Waals surface area contributed by atoms with E-state index >= 15 is 0 Å². The summed E-state index contributed by atoms with van der Waals surface area (Å²) in [5, 5.41) is 9.49. The summed E-state index contributed by atoms with van der Waals surface area (Å²) in [6, 6.07) is 8.34. The van der Waals surface area contributed by atoms with Gasteiger partial charge in [0.25, 0.3) is 0 Å². The summed E-state index contributed by atoms with van der Waals surface area (Å²) in [5.74, 6) is 0.217. The van der Waals surface area contributed by atoms with Crippen LogP contribution in [0.2, 0.25) is 0 Å². The highest BCUT2D eigenvalue weighted by molar-refractivity contribution is 5.75. The molecule has 1 aliphatic rings. The van der Waals surface area contributed by atoms with Crippen LogP contribution in [0.15, 0.2) is 24.3 Å². The van der Waals surface area contributed by atoms with Crippen molar-refractivity contribution in [3.05, 3.63) is 29.8 Å². The molecule has 0 amide bonds. The summed E-state index contributed by atoms with van der Waals surface area (Å²) in [7, 11) is 0. The second-order valence-corrected chi connectivity index (χ2v) is 5.84.